The summed E-state index contributed by atoms with van der Waals surface area (Å²) in [6.07, 6.45) is 2.24. The average molecular weight is 347 g/mol. The molecular weight excluding hydrogens is 327 g/mol. The summed E-state index contributed by atoms with van der Waals surface area (Å²) < 4.78 is 13.0. The second-order valence-electron chi connectivity index (χ2n) is 6.30. The third kappa shape index (κ3) is 4.26. The minimum atomic E-state index is -0.276. The van der Waals surface area contributed by atoms with Crippen LogP contribution in [0.5, 0.6) is 0 Å². The number of amides is 2. The van der Waals surface area contributed by atoms with Gasteiger partial charge in [0.25, 0.3) is 0 Å². The van der Waals surface area contributed by atoms with Crippen molar-refractivity contribution in [3.05, 3.63) is 70.5 Å². The summed E-state index contributed by atoms with van der Waals surface area (Å²) in [5, 5.41) is 3.80. The predicted octanol–water partition coefficient (Wildman–Crippen LogP) is 4.77. The number of rotatable bonds is 5. The molecule has 2 aromatic carbocycles. The fourth-order valence-corrected chi connectivity index (χ4v) is 2.88. The van der Waals surface area contributed by atoms with Crippen molar-refractivity contribution in [1.29, 1.82) is 0 Å². The van der Waals surface area contributed by atoms with Gasteiger partial charge in [-0.05, 0) is 54.2 Å². The summed E-state index contributed by atoms with van der Waals surface area (Å²) in [5.74, 6) is 0.205. The first-order valence-electron chi connectivity index (χ1n) is 8.04. The highest BCUT2D eigenvalue weighted by Gasteiger charge is 2.33. The predicted molar refractivity (Wildman–Crippen MR) is 93.3 cm³/mol. The van der Waals surface area contributed by atoms with Crippen molar-refractivity contribution >= 4 is 17.6 Å². The van der Waals surface area contributed by atoms with Gasteiger partial charge >= 0.3 is 6.03 Å². The Morgan fingerprint density at radius 2 is 1.83 bits per heavy atom. The summed E-state index contributed by atoms with van der Waals surface area (Å²) >= 11 is 5.95. The first-order valence-corrected chi connectivity index (χ1v) is 8.42. The molecule has 3 rings (SSSR count). The lowest BCUT2D eigenvalue weighted by Crippen LogP contribution is -2.39. The van der Waals surface area contributed by atoms with E-state index in [-0.39, 0.29) is 17.9 Å². The largest absolute Gasteiger partial charge is 0.331 e. The van der Waals surface area contributed by atoms with Gasteiger partial charge in [0, 0.05) is 18.6 Å². The third-order valence-electron chi connectivity index (χ3n) is 4.28. The van der Waals surface area contributed by atoms with Gasteiger partial charge in [0.1, 0.15) is 5.82 Å². The van der Waals surface area contributed by atoms with Crippen LogP contribution in [-0.2, 0) is 6.54 Å². The number of hydrogen-bond acceptors (Lipinski definition) is 1. The SMILES string of the molecule is CN(Cc1ccc(F)cc1)C(=O)NC(c1ccc(Cl)cc1)C1CC1. The topological polar surface area (TPSA) is 32.3 Å². The maximum absolute atomic E-state index is 13.0. The van der Waals surface area contributed by atoms with Crippen LogP contribution in [0.2, 0.25) is 5.02 Å². The van der Waals surface area contributed by atoms with Crippen molar-refractivity contribution in [2.75, 3.05) is 7.05 Å². The van der Waals surface area contributed by atoms with Crippen LogP contribution in [-0.4, -0.2) is 18.0 Å². The van der Waals surface area contributed by atoms with Crippen LogP contribution in [0.3, 0.4) is 0 Å². The monoisotopic (exact) mass is 346 g/mol. The van der Waals surface area contributed by atoms with Gasteiger partial charge in [0.05, 0.1) is 6.04 Å². The molecule has 2 aromatic rings. The molecule has 1 aliphatic carbocycles. The first-order chi connectivity index (χ1) is 11.5. The van der Waals surface area contributed by atoms with E-state index in [0.29, 0.717) is 17.5 Å². The van der Waals surface area contributed by atoms with Gasteiger partial charge in [0.15, 0.2) is 0 Å². The number of hydrogen-bond donors (Lipinski definition) is 1. The van der Waals surface area contributed by atoms with Crippen molar-refractivity contribution in [1.82, 2.24) is 10.2 Å². The molecule has 0 radical (unpaired) electrons. The van der Waals surface area contributed by atoms with Crippen LogP contribution in [0.4, 0.5) is 9.18 Å². The normalized spacial score (nSPS) is 15.0. The van der Waals surface area contributed by atoms with Crippen molar-refractivity contribution in [2.24, 2.45) is 5.92 Å². The fraction of sp³-hybridized carbons (Fsp3) is 0.316. The molecule has 0 saturated heterocycles. The molecule has 1 atom stereocenters. The van der Waals surface area contributed by atoms with E-state index >= 15 is 0 Å². The van der Waals surface area contributed by atoms with Crippen LogP contribution in [0, 0.1) is 11.7 Å². The lowest BCUT2D eigenvalue weighted by Gasteiger charge is -2.24. The van der Waals surface area contributed by atoms with Gasteiger partial charge in [-0.1, -0.05) is 35.9 Å². The summed E-state index contributed by atoms with van der Waals surface area (Å²) in [5.41, 5.74) is 1.97. The number of carbonyl (C=O) groups is 1. The molecule has 0 aliphatic heterocycles. The molecule has 0 spiro atoms. The van der Waals surface area contributed by atoms with E-state index in [2.05, 4.69) is 5.32 Å². The van der Waals surface area contributed by atoms with Crippen molar-refractivity contribution in [3.63, 3.8) is 0 Å². The van der Waals surface area contributed by atoms with Crippen molar-refractivity contribution in [2.45, 2.75) is 25.4 Å². The molecule has 5 heteroatoms. The molecule has 1 unspecified atom stereocenters. The zero-order valence-electron chi connectivity index (χ0n) is 13.5. The Balaban J connectivity index is 1.64. The Morgan fingerprint density at radius 3 is 2.42 bits per heavy atom. The second-order valence-corrected chi connectivity index (χ2v) is 6.74. The average Bonchev–Trinajstić information content (AvgIpc) is 3.40. The third-order valence-corrected chi connectivity index (χ3v) is 4.53. The second kappa shape index (κ2) is 7.22. The van der Waals surface area contributed by atoms with E-state index in [9.17, 15) is 9.18 Å². The van der Waals surface area contributed by atoms with E-state index < -0.39 is 0 Å². The number of carbonyl (C=O) groups excluding carboxylic acids is 1. The first kappa shape index (κ1) is 16.8. The molecule has 1 saturated carbocycles. The number of nitrogens with zero attached hydrogens (tertiary/aromatic N) is 1. The molecule has 3 nitrogen and oxygen atoms in total. The summed E-state index contributed by atoms with van der Waals surface area (Å²) in [6, 6.07) is 13.7. The molecule has 1 aliphatic rings. The zero-order chi connectivity index (χ0) is 17.1. The quantitative estimate of drug-likeness (QED) is 0.830. The van der Waals surface area contributed by atoms with Crippen molar-refractivity contribution < 1.29 is 9.18 Å². The van der Waals surface area contributed by atoms with Gasteiger partial charge in [-0.2, -0.15) is 0 Å². The maximum atomic E-state index is 13.0. The van der Waals surface area contributed by atoms with Crippen molar-refractivity contribution in [3.8, 4) is 0 Å². The molecule has 126 valence electrons. The summed E-state index contributed by atoms with van der Waals surface area (Å²) in [6.45, 7) is 0.435. The lowest BCUT2D eigenvalue weighted by atomic mass is 10.0. The number of urea groups is 1. The molecule has 0 aromatic heterocycles. The minimum Gasteiger partial charge on any atom is -0.331 e. The van der Waals surface area contributed by atoms with E-state index in [4.69, 9.17) is 11.6 Å². The van der Waals surface area contributed by atoms with Crippen LogP contribution in [0.15, 0.2) is 48.5 Å². The van der Waals surface area contributed by atoms with Crippen LogP contribution in [0.1, 0.15) is 30.0 Å². The highest BCUT2D eigenvalue weighted by atomic mass is 35.5. The molecule has 1 N–H and O–H groups in total. The molecule has 2 amide bonds. The summed E-state index contributed by atoms with van der Waals surface area (Å²) in [4.78, 5) is 14.1. The van der Waals surface area contributed by atoms with Gasteiger partial charge in [0.2, 0.25) is 0 Å². The zero-order valence-corrected chi connectivity index (χ0v) is 14.3. The fourth-order valence-electron chi connectivity index (χ4n) is 2.75. The van der Waals surface area contributed by atoms with Gasteiger partial charge in [-0.25, -0.2) is 9.18 Å². The van der Waals surface area contributed by atoms with Gasteiger partial charge in [-0.3, -0.25) is 0 Å². The highest BCUT2D eigenvalue weighted by molar-refractivity contribution is 6.30. The number of nitrogens with one attached hydrogen (secondary N) is 1. The number of halogens is 2. The summed E-state index contributed by atoms with van der Waals surface area (Å²) in [7, 11) is 1.74. The van der Waals surface area contributed by atoms with Crippen LogP contribution >= 0.6 is 11.6 Å². The molecule has 1 fully saturated rings. The molecule has 0 bridgehead atoms. The van der Waals surface area contributed by atoms with Crippen LogP contribution in [0.25, 0.3) is 0 Å². The Hall–Kier alpha value is -2.07. The standard InChI is InChI=1S/C19H20ClFN2O/c1-23(12-13-2-10-17(21)11-3-13)19(24)22-18(14-4-5-14)15-6-8-16(20)9-7-15/h2-3,6-11,14,18H,4-5,12H2,1H3,(H,22,24). The molecule has 24 heavy (non-hydrogen) atoms. The Labute approximate surface area is 146 Å². The maximum Gasteiger partial charge on any atom is 0.317 e. The van der Waals surface area contributed by atoms with Gasteiger partial charge in [-0.15, -0.1) is 0 Å². The smallest absolute Gasteiger partial charge is 0.317 e. The lowest BCUT2D eigenvalue weighted by molar-refractivity contribution is 0.201. The van der Waals surface area contributed by atoms with E-state index in [1.165, 1.54) is 12.1 Å². The van der Waals surface area contributed by atoms with E-state index in [1.807, 2.05) is 24.3 Å². The van der Waals surface area contributed by atoms with E-state index in [0.717, 1.165) is 24.0 Å². The Kier molecular flexibility index (Phi) is 5.05. The molecule has 0 heterocycles. The Morgan fingerprint density at radius 1 is 1.21 bits per heavy atom. The van der Waals surface area contributed by atoms with E-state index in [1.54, 1.807) is 24.1 Å². The molecular formula is C19H20ClFN2O. The Bertz CT molecular complexity index is 698. The number of benzene rings is 2. The van der Waals surface area contributed by atoms with Gasteiger partial charge < -0.3 is 10.2 Å². The highest BCUT2D eigenvalue weighted by Crippen LogP contribution is 2.41. The van der Waals surface area contributed by atoms with Crippen LogP contribution < -0.4 is 5.32 Å². The minimum absolute atomic E-state index is 0.00503.